The van der Waals surface area contributed by atoms with Gasteiger partial charge < -0.3 is 5.73 Å². The van der Waals surface area contributed by atoms with E-state index in [9.17, 15) is 18.0 Å². The van der Waals surface area contributed by atoms with Crippen LogP contribution in [-0.2, 0) is 0 Å². The summed E-state index contributed by atoms with van der Waals surface area (Å²) in [6.45, 7) is 0. The fraction of sp³-hybridized carbons (Fsp3) is 0.100. The van der Waals surface area contributed by atoms with Crippen LogP contribution in [0.1, 0.15) is 10.4 Å². The number of hydrogen-bond acceptors (Lipinski definition) is 2. The van der Waals surface area contributed by atoms with Gasteiger partial charge in [0.2, 0.25) is 0 Å². The number of hydrogen-bond donors (Lipinski definition) is 1. The Hall–Kier alpha value is -1.30. The molecule has 0 atom stereocenters. The number of rotatable bonds is 2. The number of ketones is 1. The molecule has 2 N–H and O–H groups in total. The van der Waals surface area contributed by atoms with Crippen molar-refractivity contribution in [1.82, 2.24) is 0 Å². The van der Waals surface area contributed by atoms with Crippen molar-refractivity contribution in [1.29, 1.82) is 0 Å². The summed E-state index contributed by atoms with van der Waals surface area (Å²) in [6, 6.07) is 5.94. The van der Waals surface area contributed by atoms with Crippen LogP contribution in [-0.4, -0.2) is 12.0 Å². The minimum absolute atomic E-state index is 0.149. The average Bonchev–Trinajstić information content (AvgIpc) is 2.17. The largest absolute Gasteiger partial charge is 0.430 e. The second-order valence-corrected chi connectivity index (χ2v) is 3.88. The van der Waals surface area contributed by atoms with E-state index in [-0.39, 0.29) is 5.56 Å². The fourth-order valence-corrected chi connectivity index (χ4v) is 1.18. The predicted octanol–water partition coefficient (Wildman–Crippen LogP) is 3.04. The van der Waals surface area contributed by atoms with E-state index in [4.69, 9.17) is 5.73 Å². The number of benzene rings is 1. The molecular formula is C10H7BrF3NO. The molecule has 0 aliphatic heterocycles. The lowest BCUT2D eigenvalue weighted by atomic mass is 10.1. The van der Waals surface area contributed by atoms with Crippen LogP contribution in [0.5, 0.6) is 0 Å². The van der Waals surface area contributed by atoms with Crippen LogP contribution in [0.15, 0.2) is 40.5 Å². The Kier molecular flexibility index (Phi) is 3.74. The number of halogens is 4. The molecular weight excluding hydrogens is 287 g/mol. The summed E-state index contributed by atoms with van der Waals surface area (Å²) < 4.78 is 36.8. The Morgan fingerprint density at radius 2 is 1.75 bits per heavy atom. The SMILES string of the molecule is N/C(=C\C(=O)c1ccc(Br)cc1)C(F)(F)F. The molecule has 2 nitrogen and oxygen atoms in total. The molecule has 6 heteroatoms. The Bertz CT molecular complexity index is 423. The maximum absolute atomic E-state index is 12.0. The van der Waals surface area contributed by atoms with E-state index in [0.29, 0.717) is 6.08 Å². The lowest BCUT2D eigenvalue weighted by Gasteiger charge is -2.05. The van der Waals surface area contributed by atoms with Gasteiger partial charge in [0.25, 0.3) is 0 Å². The van der Waals surface area contributed by atoms with Crippen LogP contribution >= 0.6 is 15.9 Å². The van der Waals surface area contributed by atoms with Gasteiger partial charge in [-0.3, -0.25) is 4.79 Å². The van der Waals surface area contributed by atoms with Gasteiger partial charge in [0, 0.05) is 16.1 Å². The molecule has 0 aliphatic rings. The molecule has 1 aromatic carbocycles. The second-order valence-electron chi connectivity index (χ2n) is 2.97. The lowest BCUT2D eigenvalue weighted by Crippen LogP contribution is -2.20. The fourth-order valence-electron chi connectivity index (χ4n) is 0.921. The molecule has 0 spiro atoms. The van der Waals surface area contributed by atoms with Crippen LogP contribution in [0.4, 0.5) is 13.2 Å². The highest BCUT2D eigenvalue weighted by atomic mass is 79.9. The van der Waals surface area contributed by atoms with Crippen molar-refractivity contribution in [3.05, 3.63) is 46.1 Å². The number of carbonyl (C=O) groups excluding carboxylic acids is 1. The summed E-state index contributed by atoms with van der Waals surface area (Å²) in [5.41, 5.74) is 3.47. The molecule has 0 saturated carbocycles. The molecule has 0 bridgehead atoms. The van der Waals surface area contributed by atoms with Crippen molar-refractivity contribution >= 4 is 21.7 Å². The standard InChI is InChI=1S/C10H7BrF3NO/c11-7-3-1-6(2-4-7)8(16)5-9(15)10(12,13)14/h1-5H,15H2/b9-5-. The van der Waals surface area contributed by atoms with Gasteiger partial charge in [0.1, 0.15) is 5.70 Å². The Morgan fingerprint density at radius 3 is 2.19 bits per heavy atom. The molecule has 0 radical (unpaired) electrons. The van der Waals surface area contributed by atoms with Gasteiger partial charge in [-0.05, 0) is 24.3 Å². The second kappa shape index (κ2) is 4.69. The van der Waals surface area contributed by atoms with Gasteiger partial charge in [0.05, 0.1) is 0 Å². The van der Waals surface area contributed by atoms with Gasteiger partial charge >= 0.3 is 6.18 Å². The number of allylic oxidation sites excluding steroid dienone is 2. The van der Waals surface area contributed by atoms with E-state index < -0.39 is 17.7 Å². The molecule has 0 fully saturated rings. The smallest absolute Gasteiger partial charge is 0.395 e. The van der Waals surface area contributed by atoms with Crippen LogP contribution in [0.2, 0.25) is 0 Å². The summed E-state index contributed by atoms with van der Waals surface area (Å²) in [5.74, 6) is -0.776. The van der Waals surface area contributed by atoms with E-state index >= 15 is 0 Å². The lowest BCUT2D eigenvalue weighted by molar-refractivity contribution is -0.0927. The van der Waals surface area contributed by atoms with E-state index in [1.54, 1.807) is 12.1 Å². The summed E-state index contributed by atoms with van der Waals surface area (Å²) in [6.07, 6.45) is -4.30. The minimum atomic E-state index is -4.68. The maximum Gasteiger partial charge on any atom is 0.430 e. The van der Waals surface area contributed by atoms with Crippen molar-refractivity contribution in [2.45, 2.75) is 6.18 Å². The minimum Gasteiger partial charge on any atom is -0.395 e. The van der Waals surface area contributed by atoms with Gasteiger partial charge in [-0.2, -0.15) is 13.2 Å². The zero-order valence-electron chi connectivity index (χ0n) is 7.88. The summed E-state index contributed by atoms with van der Waals surface area (Å²) >= 11 is 3.15. The quantitative estimate of drug-likeness (QED) is 0.673. The average molecular weight is 294 g/mol. The highest BCUT2D eigenvalue weighted by Gasteiger charge is 2.32. The van der Waals surface area contributed by atoms with Crippen molar-refractivity contribution < 1.29 is 18.0 Å². The molecule has 1 rings (SSSR count). The summed E-state index contributed by atoms with van der Waals surface area (Å²) in [4.78, 5) is 11.3. The van der Waals surface area contributed by atoms with E-state index in [0.717, 1.165) is 4.47 Å². The van der Waals surface area contributed by atoms with Crippen LogP contribution in [0, 0.1) is 0 Å². The first-order valence-electron chi connectivity index (χ1n) is 4.15. The molecule has 0 aliphatic carbocycles. The molecule has 0 saturated heterocycles. The van der Waals surface area contributed by atoms with Gasteiger partial charge in [-0.1, -0.05) is 15.9 Å². The number of carbonyl (C=O) groups is 1. The van der Waals surface area contributed by atoms with Crippen LogP contribution in [0.25, 0.3) is 0 Å². The normalized spacial score (nSPS) is 12.6. The summed E-state index contributed by atoms with van der Waals surface area (Å²) in [5, 5.41) is 0. The third-order valence-electron chi connectivity index (χ3n) is 1.74. The zero-order chi connectivity index (χ0) is 12.3. The van der Waals surface area contributed by atoms with Crippen molar-refractivity contribution in [2.75, 3.05) is 0 Å². The number of nitrogens with two attached hydrogens (primary N) is 1. The molecule has 16 heavy (non-hydrogen) atoms. The first-order valence-corrected chi connectivity index (χ1v) is 4.94. The Balaban J connectivity index is 2.92. The van der Waals surface area contributed by atoms with Gasteiger partial charge in [-0.25, -0.2) is 0 Å². The topological polar surface area (TPSA) is 43.1 Å². The highest BCUT2D eigenvalue weighted by Crippen LogP contribution is 2.22. The Morgan fingerprint density at radius 1 is 1.25 bits per heavy atom. The van der Waals surface area contributed by atoms with E-state index in [1.165, 1.54) is 12.1 Å². The van der Waals surface area contributed by atoms with Crippen molar-refractivity contribution in [2.24, 2.45) is 5.73 Å². The Labute approximate surface area is 98.1 Å². The zero-order valence-corrected chi connectivity index (χ0v) is 9.47. The van der Waals surface area contributed by atoms with Crippen molar-refractivity contribution in [3.63, 3.8) is 0 Å². The maximum atomic E-state index is 12.0. The molecule has 0 aromatic heterocycles. The summed E-state index contributed by atoms with van der Waals surface area (Å²) in [7, 11) is 0. The van der Waals surface area contributed by atoms with Gasteiger partial charge in [-0.15, -0.1) is 0 Å². The first kappa shape index (κ1) is 12.8. The third kappa shape index (κ3) is 3.37. The molecule has 1 aromatic rings. The molecule has 0 unspecified atom stereocenters. The van der Waals surface area contributed by atoms with E-state index in [2.05, 4.69) is 15.9 Å². The van der Waals surface area contributed by atoms with Crippen LogP contribution < -0.4 is 5.73 Å². The number of alkyl halides is 3. The highest BCUT2D eigenvalue weighted by molar-refractivity contribution is 9.10. The third-order valence-corrected chi connectivity index (χ3v) is 2.27. The van der Waals surface area contributed by atoms with Gasteiger partial charge in [0.15, 0.2) is 5.78 Å². The molecule has 0 amide bonds. The monoisotopic (exact) mass is 293 g/mol. The van der Waals surface area contributed by atoms with E-state index in [1.807, 2.05) is 0 Å². The molecule has 0 heterocycles. The van der Waals surface area contributed by atoms with Crippen molar-refractivity contribution in [3.8, 4) is 0 Å². The molecule has 86 valence electrons. The van der Waals surface area contributed by atoms with Crippen LogP contribution in [0.3, 0.4) is 0 Å². The predicted molar refractivity (Wildman–Crippen MR) is 56.8 cm³/mol. The first-order chi connectivity index (χ1) is 7.30.